The summed E-state index contributed by atoms with van der Waals surface area (Å²) < 4.78 is 5.55. The molecule has 2 saturated heterocycles. The number of hydrogen-bond acceptors (Lipinski definition) is 4. The molecule has 2 fully saturated rings. The van der Waals surface area contributed by atoms with E-state index in [2.05, 4.69) is 47.3 Å². The fourth-order valence-corrected chi connectivity index (χ4v) is 5.03. The third kappa shape index (κ3) is 3.65. The molecule has 5 heteroatoms. The summed E-state index contributed by atoms with van der Waals surface area (Å²) >= 11 is 0. The van der Waals surface area contributed by atoms with Crippen molar-refractivity contribution in [2.24, 2.45) is 5.41 Å². The highest BCUT2D eigenvalue weighted by molar-refractivity contribution is 5.92. The summed E-state index contributed by atoms with van der Waals surface area (Å²) in [5.74, 6) is 1.54. The predicted molar refractivity (Wildman–Crippen MR) is 105 cm³/mol. The van der Waals surface area contributed by atoms with Gasteiger partial charge >= 0.3 is 0 Å². The van der Waals surface area contributed by atoms with Crippen LogP contribution in [0, 0.1) is 19.3 Å². The van der Waals surface area contributed by atoms with Crippen molar-refractivity contribution in [3.05, 3.63) is 53.2 Å². The van der Waals surface area contributed by atoms with Crippen LogP contribution in [-0.2, 0) is 0 Å². The van der Waals surface area contributed by atoms with E-state index in [1.165, 1.54) is 12.0 Å². The van der Waals surface area contributed by atoms with Crippen molar-refractivity contribution in [1.29, 1.82) is 0 Å². The van der Waals surface area contributed by atoms with Crippen molar-refractivity contribution in [3.63, 3.8) is 0 Å². The van der Waals surface area contributed by atoms with Crippen molar-refractivity contribution >= 4 is 5.91 Å². The summed E-state index contributed by atoms with van der Waals surface area (Å²) in [6.07, 6.45) is 3.32. The molecule has 3 heterocycles. The Morgan fingerprint density at radius 1 is 1.19 bits per heavy atom. The SMILES string of the molecule is Cc1nc(C)c(C(=O)N2CCC3(CC2)C[C@@H](c2ccccc2)CN(C)C3)o1. The van der Waals surface area contributed by atoms with Gasteiger partial charge in [-0.3, -0.25) is 4.79 Å². The van der Waals surface area contributed by atoms with Crippen LogP contribution in [0.1, 0.15) is 52.9 Å². The minimum Gasteiger partial charge on any atom is -0.436 e. The van der Waals surface area contributed by atoms with Crippen molar-refractivity contribution in [1.82, 2.24) is 14.8 Å². The molecule has 27 heavy (non-hydrogen) atoms. The number of amides is 1. The molecule has 4 rings (SSSR count). The van der Waals surface area contributed by atoms with E-state index in [9.17, 15) is 4.79 Å². The van der Waals surface area contributed by atoms with Gasteiger partial charge < -0.3 is 14.2 Å². The molecule has 2 aliphatic rings. The molecule has 0 saturated carbocycles. The number of carbonyl (C=O) groups is 1. The first kappa shape index (κ1) is 18.2. The maximum atomic E-state index is 12.8. The largest absolute Gasteiger partial charge is 0.436 e. The van der Waals surface area contributed by atoms with Gasteiger partial charge in [0.2, 0.25) is 5.76 Å². The molecule has 0 aliphatic carbocycles. The summed E-state index contributed by atoms with van der Waals surface area (Å²) in [6.45, 7) is 7.47. The maximum Gasteiger partial charge on any atom is 0.291 e. The van der Waals surface area contributed by atoms with E-state index in [4.69, 9.17) is 4.42 Å². The zero-order valence-corrected chi connectivity index (χ0v) is 16.6. The Hall–Kier alpha value is -2.14. The molecule has 1 atom stereocenters. The topological polar surface area (TPSA) is 49.6 Å². The van der Waals surface area contributed by atoms with Crippen molar-refractivity contribution in [2.75, 3.05) is 33.2 Å². The van der Waals surface area contributed by atoms with Crippen LogP contribution < -0.4 is 0 Å². The highest BCUT2D eigenvalue weighted by Gasteiger charge is 2.42. The van der Waals surface area contributed by atoms with Gasteiger partial charge in [0.1, 0.15) is 0 Å². The molecule has 1 spiro atoms. The molecule has 5 nitrogen and oxygen atoms in total. The van der Waals surface area contributed by atoms with Gasteiger partial charge in [-0.1, -0.05) is 30.3 Å². The van der Waals surface area contributed by atoms with Crippen LogP contribution in [0.4, 0.5) is 0 Å². The Kier molecular flexibility index (Phi) is 4.81. The average Bonchev–Trinajstić information content (AvgIpc) is 3.00. The number of rotatable bonds is 2. The zero-order chi connectivity index (χ0) is 19.0. The fraction of sp³-hybridized carbons (Fsp3) is 0.545. The van der Waals surface area contributed by atoms with E-state index in [1.54, 1.807) is 6.92 Å². The van der Waals surface area contributed by atoms with Gasteiger partial charge in [0.15, 0.2) is 5.89 Å². The first-order valence-corrected chi connectivity index (χ1v) is 9.93. The van der Waals surface area contributed by atoms with Crippen LogP contribution in [0.2, 0.25) is 0 Å². The quantitative estimate of drug-likeness (QED) is 0.813. The molecule has 1 aromatic heterocycles. The third-order valence-electron chi connectivity index (χ3n) is 6.30. The lowest BCUT2D eigenvalue weighted by molar-refractivity contribution is 0.0210. The smallest absolute Gasteiger partial charge is 0.291 e. The van der Waals surface area contributed by atoms with E-state index >= 15 is 0 Å². The molecule has 0 radical (unpaired) electrons. The van der Waals surface area contributed by atoms with Crippen LogP contribution in [0.15, 0.2) is 34.7 Å². The van der Waals surface area contributed by atoms with Crippen molar-refractivity contribution < 1.29 is 9.21 Å². The standard InChI is InChI=1S/C22H29N3O2/c1-16-20(27-17(2)23-16)21(26)25-11-9-22(10-12-25)13-19(14-24(3)15-22)18-7-5-4-6-8-18/h4-8,19H,9-15H2,1-3H3/t19-/m1/s1. The average molecular weight is 367 g/mol. The molecule has 0 unspecified atom stereocenters. The third-order valence-corrected chi connectivity index (χ3v) is 6.30. The monoisotopic (exact) mass is 367 g/mol. The maximum absolute atomic E-state index is 12.8. The molecular weight excluding hydrogens is 338 g/mol. The summed E-state index contributed by atoms with van der Waals surface area (Å²) in [4.78, 5) is 21.5. The summed E-state index contributed by atoms with van der Waals surface area (Å²) in [6, 6.07) is 10.9. The minimum atomic E-state index is -0.00766. The zero-order valence-electron chi connectivity index (χ0n) is 16.6. The number of aromatic nitrogens is 1. The van der Waals surface area contributed by atoms with E-state index < -0.39 is 0 Å². The van der Waals surface area contributed by atoms with Gasteiger partial charge in [0.05, 0.1) is 5.69 Å². The Morgan fingerprint density at radius 3 is 2.52 bits per heavy atom. The molecule has 2 aliphatic heterocycles. The number of oxazole rings is 1. The molecule has 1 amide bonds. The van der Waals surface area contributed by atoms with Gasteiger partial charge in [0, 0.05) is 33.1 Å². The molecule has 0 N–H and O–H groups in total. The molecule has 1 aromatic carbocycles. The minimum absolute atomic E-state index is 0.00766. The molecular formula is C22H29N3O2. The number of hydrogen-bond donors (Lipinski definition) is 0. The van der Waals surface area contributed by atoms with Crippen LogP contribution in [0.25, 0.3) is 0 Å². The second-order valence-corrected chi connectivity index (χ2v) is 8.45. The lowest BCUT2D eigenvalue weighted by Gasteiger charge is -2.49. The summed E-state index contributed by atoms with van der Waals surface area (Å²) in [7, 11) is 2.23. The van der Waals surface area contributed by atoms with Gasteiger partial charge in [-0.05, 0) is 50.1 Å². The van der Waals surface area contributed by atoms with Crippen LogP contribution in [0.3, 0.4) is 0 Å². The number of nitrogens with zero attached hydrogens (tertiary/aromatic N) is 3. The van der Waals surface area contributed by atoms with Gasteiger partial charge in [-0.25, -0.2) is 4.98 Å². The van der Waals surface area contributed by atoms with Crippen LogP contribution in [0.5, 0.6) is 0 Å². The highest BCUT2D eigenvalue weighted by atomic mass is 16.4. The lowest BCUT2D eigenvalue weighted by Crippen LogP contribution is -2.51. The number of carbonyl (C=O) groups excluding carboxylic acids is 1. The number of piperidine rings is 2. The number of likely N-dealkylation sites (tertiary alicyclic amines) is 2. The van der Waals surface area contributed by atoms with Crippen molar-refractivity contribution in [2.45, 2.75) is 39.0 Å². The normalized spacial score (nSPS) is 22.9. The number of aryl methyl sites for hydroxylation is 2. The number of likely N-dealkylation sites (N-methyl/N-ethyl adjacent to an activating group) is 1. The summed E-state index contributed by atoms with van der Waals surface area (Å²) in [5, 5.41) is 0. The van der Waals surface area contributed by atoms with Gasteiger partial charge in [-0.2, -0.15) is 0 Å². The Bertz CT molecular complexity index is 806. The van der Waals surface area contributed by atoms with Crippen LogP contribution >= 0.6 is 0 Å². The van der Waals surface area contributed by atoms with E-state index in [-0.39, 0.29) is 5.91 Å². The number of benzene rings is 1. The second kappa shape index (κ2) is 7.12. The first-order chi connectivity index (χ1) is 13.0. The summed E-state index contributed by atoms with van der Waals surface area (Å²) in [5.41, 5.74) is 2.44. The van der Waals surface area contributed by atoms with E-state index in [1.807, 2.05) is 11.8 Å². The Labute approximate surface area is 161 Å². The highest BCUT2D eigenvalue weighted by Crippen LogP contribution is 2.44. The molecule has 144 valence electrons. The Morgan fingerprint density at radius 2 is 1.89 bits per heavy atom. The first-order valence-electron chi connectivity index (χ1n) is 9.93. The van der Waals surface area contributed by atoms with Gasteiger partial charge in [-0.15, -0.1) is 0 Å². The fourth-order valence-electron chi connectivity index (χ4n) is 5.03. The van der Waals surface area contributed by atoms with Gasteiger partial charge in [0.25, 0.3) is 5.91 Å². The van der Waals surface area contributed by atoms with Crippen LogP contribution in [-0.4, -0.2) is 53.9 Å². The predicted octanol–water partition coefficient (Wildman–Crippen LogP) is 3.63. The van der Waals surface area contributed by atoms with E-state index in [0.717, 1.165) is 39.0 Å². The Balaban J connectivity index is 1.45. The molecule has 2 aromatic rings. The van der Waals surface area contributed by atoms with Crippen molar-refractivity contribution in [3.8, 4) is 0 Å². The van der Waals surface area contributed by atoms with E-state index in [0.29, 0.717) is 28.7 Å². The second-order valence-electron chi connectivity index (χ2n) is 8.45. The lowest BCUT2D eigenvalue weighted by atomic mass is 9.68. The molecule has 0 bridgehead atoms.